The van der Waals surface area contributed by atoms with Crippen molar-refractivity contribution >= 4 is 5.97 Å². The summed E-state index contributed by atoms with van der Waals surface area (Å²) >= 11 is 0. The molecule has 0 fully saturated rings. The first-order chi connectivity index (χ1) is 7.93. The van der Waals surface area contributed by atoms with Crippen LogP contribution in [0.2, 0.25) is 0 Å². The van der Waals surface area contributed by atoms with Crippen LogP contribution in [0, 0.1) is 0 Å². The average molecular weight is 254 g/mol. The maximum Gasteiger partial charge on any atom is 0.393 e. The van der Waals surface area contributed by atoms with Crippen LogP contribution in [0.3, 0.4) is 0 Å². The molecule has 0 spiro atoms. The van der Waals surface area contributed by atoms with E-state index in [4.69, 9.17) is 0 Å². The second-order valence-corrected chi connectivity index (χ2v) is 2.80. The zero-order chi connectivity index (χ0) is 12.9. The number of nitrogens with zero attached hydrogens (tertiary/aromatic N) is 2. The van der Waals surface area contributed by atoms with Gasteiger partial charge >= 0.3 is 18.3 Å². The molecule has 17 heavy (non-hydrogen) atoms. The van der Waals surface area contributed by atoms with Crippen molar-refractivity contribution in [1.29, 1.82) is 0 Å². The van der Waals surface area contributed by atoms with E-state index >= 15 is 0 Å². The van der Waals surface area contributed by atoms with Gasteiger partial charge in [-0.2, -0.15) is 18.8 Å². The van der Waals surface area contributed by atoms with Crippen LogP contribution in [-0.2, 0) is 9.78 Å². The summed E-state index contributed by atoms with van der Waals surface area (Å²) in [7, 11) is 0. The Hall–Kier alpha value is -1.77. The van der Waals surface area contributed by atoms with Gasteiger partial charge in [0.2, 0.25) is 0 Å². The van der Waals surface area contributed by atoms with Crippen LogP contribution in [0.4, 0.5) is 17.6 Å². The molecule has 0 aliphatic rings. The van der Waals surface area contributed by atoms with Crippen LogP contribution < -0.4 is 0 Å². The Morgan fingerprint density at radius 2 is 2.18 bits per heavy atom. The van der Waals surface area contributed by atoms with Gasteiger partial charge in [-0.3, -0.25) is 4.89 Å². The lowest BCUT2D eigenvalue weighted by Crippen LogP contribution is -2.32. The molecule has 0 bridgehead atoms. The van der Waals surface area contributed by atoms with Crippen molar-refractivity contribution in [3.05, 3.63) is 24.0 Å². The van der Waals surface area contributed by atoms with Crippen molar-refractivity contribution < 1.29 is 32.1 Å². The van der Waals surface area contributed by atoms with Crippen LogP contribution in [0.5, 0.6) is 0 Å². The Labute approximate surface area is 92.3 Å². The van der Waals surface area contributed by atoms with Crippen molar-refractivity contribution in [2.75, 3.05) is 6.61 Å². The van der Waals surface area contributed by atoms with Crippen molar-refractivity contribution in [2.24, 2.45) is 0 Å². The third-order valence-corrected chi connectivity index (χ3v) is 1.49. The summed E-state index contributed by atoms with van der Waals surface area (Å²) in [5.74, 6) is -5.59. The van der Waals surface area contributed by atoms with Crippen LogP contribution in [0.1, 0.15) is 10.5 Å². The number of alkyl halides is 4. The van der Waals surface area contributed by atoms with E-state index in [-0.39, 0.29) is 5.69 Å². The fourth-order valence-electron chi connectivity index (χ4n) is 0.678. The molecule has 1 aromatic rings. The molecule has 5 nitrogen and oxygen atoms in total. The molecule has 1 rings (SSSR count). The number of halogens is 4. The predicted octanol–water partition coefficient (Wildman–Crippen LogP) is 1.47. The molecular weight excluding hydrogens is 248 g/mol. The van der Waals surface area contributed by atoms with E-state index in [2.05, 4.69) is 20.0 Å². The number of carbonyl (C=O) groups excluding carboxylic acids is 1. The number of hydrogen-bond acceptors (Lipinski definition) is 5. The molecule has 0 N–H and O–H groups in total. The molecule has 0 aliphatic heterocycles. The first-order valence-electron chi connectivity index (χ1n) is 4.21. The first-order valence-corrected chi connectivity index (χ1v) is 4.21. The molecule has 0 unspecified atom stereocenters. The largest absolute Gasteiger partial charge is 0.393 e. The average Bonchev–Trinajstić information content (AvgIpc) is 2.29. The van der Waals surface area contributed by atoms with Gasteiger partial charge in [0.25, 0.3) is 0 Å². The number of carbonyl (C=O) groups is 1. The third kappa shape index (κ3) is 3.94. The van der Waals surface area contributed by atoms with Crippen molar-refractivity contribution in [1.82, 2.24) is 10.2 Å². The van der Waals surface area contributed by atoms with Crippen molar-refractivity contribution in [3.63, 3.8) is 0 Å². The molecule has 0 atom stereocenters. The lowest BCUT2D eigenvalue weighted by molar-refractivity contribution is -0.293. The van der Waals surface area contributed by atoms with E-state index in [0.717, 1.165) is 0 Å². The molecule has 0 aromatic carbocycles. The van der Waals surface area contributed by atoms with E-state index in [1.165, 1.54) is 18.3 Å². The molecule has 0 saturated heterocycles. The standard InChI is InChI=1S/C8H6F4N2O3/c9-7(10)8(11,12)4-16-17-6(15)5-2-1-3-13-14-5/h1-3,7H,4H2. The second kappa shape index (κ2) is 5.53. The molecule has 0 radical (unpaired) electrons. The zero-order valence-corrected chi connectivity index (χ0v) is 8.15. The van der Waals surface area contributed by atoms with Gasteiger partial charge in [-0.05, 0) is 12.1 Å². The van der Waals surface area contributed by atoms with Gasteiger partial charge in [0.15, 0.2) is 12.3 Å². The smallest absolute Gasteiger partial charge is 0.291 e. The van der Waals surface area contributed by atoms with Gasteiger partial charge in [-0.15, -0.1) is 5.10 Å². The highest BCUT2D eigenvalue weighted by atomic mass is 19.3. The van der Waals surface area contributed by atoms with Crippen molar-refractivity contribution in [2.45, 2.75) is 12.3 Å². The van der Waals surface area contributed by atoms with Crippen LogP contribution in [-0.4, -0.2) is 35.1 Å². The Bertz CT molecular complexity index is 374. The van der Waals surface area contributed by atoms with E-state index in [0.29, 0.717) is 0 Å². The lowest BCUT2D eigenvalue weighted by atomic mass is 10.4. The van der Waals surface area contributed by atoms with Crippen LogP contribution >= 0.6 is 0 Å². The molecule has 9 heteroatoms. The highest BCUT2D eigenvalue weighted by Gasteiger charge is 2.42. The highest BCUT2D eigenvalue weighted by molar-refractivity contribution is 5.86. The summed E-state index contributed by atoms with van der Waals surface area (Å²) in [5.41, 5.74) is -0.298. The normalized spacial score (nSPS) is 11.6. The number of rotatable bonds is 5. The lowest BCUT2D eigenvalue weighted by Gasteiger charge is -2.13. The minimum atomic E-state index is -4.39. The second-order valence-electron chi connectivity index (χ2n) is 2.80. The van der Waals surface area contributed by atoms with E-state index in [1.807, 2.05) is 0 Å². The monoisotopic (exact) mass is 254 g/mol. The highest BCUT2D eigenvalue weighted by Crippen LogP contribution is 2.22. The first kappa shape index (κ1) is 13.3. The Balaban J connectivity index is 2.40. The summed E-state index contributed by atoms with van der Waals surface area (Å²) in [6.45, 7) is -1.74. The maximum atomic E-state index is 12.3. The third-order valence-electron chi connectivity index (χ3n) is 1.49. The molecule has 0 saturated carbocycles. The van der Waals surface area contributed by atoms with Gasteiger partial charge in [-0.25, -0.2) is 13.6 Å². The molecule has 1 heterocycles. The number of hydrogen-bond donors (Lipinski definition) is 0. The summed E-state index contributed by atoms with van der Waals surface area (Å²) < 4.78 is 47.9. The maximum absolute atomic E-state index is 12.3. The fourth-order valence-corrected chi connectivity index (χ4v) is 0.678. The van der Waals surface area contributed by atoms with Gasteiger partial charge in [0, 0.05) is 6.20 Å². The van der Waals surface area contributed by atoms with Gasteiger partial charge < -0.3 is 0 Å². The predicted molar refractivity (Wildman–Crippen MR) is 44.4 cm³/mol. The minimum Gasteiger partial charge on any atom is -0.291 e. The Morgan fingerprint density at radius 3 is 2.71 bits per heavy atom. The van der Waals surface area contributed by atoms with Gasteiger partial charge in [-0.1, -0.05) is 0 Å². The number of aromatic nitrogens is 2. The van der Waals surface area contributed by atoms with E-state index < -0.39 is 24.9 Å². The van der Waals surface area contributed by atoms with Crippen LogP contribution in [0.25, 0.3) is 0 Å². The summed E-state index contributed by atoms with van der Waals surface area (Å²) in [5, 5.41) is 6.60. The SMILES string of the molecule is O=C(OOCC(F)(F)C(F)F)c1cccnn1. The topological polar surface area (TPSA) is 61.3 Å². The zero-order valence-electron chi connectivity index (χ0n) is 8.15. The van der Waals surface area contributed by atoms with Crippen LogP contribution in [0.15, 0.2) is 18.3 Å². The van der Waals surface area contributed by atoms with Gasteiger partial charge in [0.1, 0.15) is 0 Å². The minimum absolute atomic E-state index is 0.298. The molecular formula is C8H6F4N2O3. The quantitative estimate of drug-likeness (QED) is 0.452. The summed E-state index contributed by atoms with van der Waals surface area (Å²) in [4.78, 5) is 18.6. The van der Waals surface area contributed by atoms with E-state index in [1.54, 1.807) is 0 Å². The summed E-state index contributed by atoms with van der Waals surface area (Å²) in [6.07, 6.45) is -2.64. The summed E-state index contributed by atoms with van der Waals surface area (Å²) in [6, 6.07) is 2.53. The Morgan fingerprint density at radius 1 is 1.47 bits per heavy atom. The van der Waals surface area contributed by atoms with Gasteiger partial charge in [0.05, 0.1) is 0 Å². The molecule has 1 aromatic heterocycles. The Kier molecular flexibility index (Phi) is 4.32. The molecule has 94 valence electrons. The molecule has 0 amide bonds. The fraction of sp³-hybridized carbons (Fsp3) is 0.375. The molecule has 0 aliphatic carbocycles. The van der Waals surface area contributed by atoms with E-state index in [9.17, 15) is 22.4 Å². The van der Waals surface area contributed by atoms with Crippen molar-refractivity contribution in [3.8, 4) is 0 Å².